The molecule has 0 saturated carbocycles. The van der Waals surface area contributed by atoms with Crippen LogP contribution in [0.25, 0.3) is 17.0 Å². The van der Waals surface area contributed by atoms with Gasteiger partial charge in [0.2, 0.25) is 5.91 Å². The minimum Gasteiger partial charge on any atom is -0.384 e. The highest BCUT2D eigenvalue weighted by Crippen LogP contribution is 2.28. The van der Waals surface area contributed by atoms with E-state index in [1.807, 2.05) is 53.9 Å². The van der Waals surface area contributed by atoms with E-state index < -0.39 is 5.91 Å². The second kappa shape index (κ2) is 7.59. The molecule has 8 nitrogen and oxygen atoms in total. The Labute approximate surface area is 167 Å². The third kappa shape index (κ3) is 3.86. The molecule has 1 amide bonds. The first-order valence-electron chi connectivity index (χ1n) is 9.22. The lowest BCUT2D eigenvalue weighted by atomic mass is 10.1. The molecule has 3 aromatic heterocycles. The number of hydrogen-bond donors (Lipinski definition) is 3. The van der Waals surface area contributed by atoms with Crippen molar-refractivity contribution in [3.8, 4) is 11.4 Å². The van der Waals surface area contributed by atoms with Crippen LogP contribution in [-0.4, -0.2) is 31.8 Å². The Bertz CT molecular complexity index is 1180. The van der Waals surface area contributed by atoms with Gasteiger partial charge in [-0.05, 0) is 43.2 Å². The zero-order valence-electron chi connectivity index (χ0n) is 16.0. The molecule has 3 heterocycles. The minimum absolute atomic E-state index is 0.410. The summed E-state index contributed by atoms with van der Waals surface area (Å²) < 4.78 is 1.97. The maximum Gasteiger partial charge on any atom is 0.248 e. The number of imidazole rings is 1. The van der Waals surface area contributed by atoms with E-state index in [1.54, 1.807) is 12.1 Å². The van der Waals surface area contributed by atoms with Crippen LogP contribution in [0.5, 0.6) is 0 Å². The number of aryl methyl sites for hydroxylation is 1. The van der Waals surface area contributed by atoms with Gasteiger partial charge in [-0.15, -0.1) is 0 Å². The Balaban J connectivity index is 1.64. The molecule has 0 atom stereocenters. The van der Waals surface area contributed by atoms with E-state index in [2.05, 4.69) is 15.3 Å². The number of nitrogen functional groups attached to an aromatic ring is 1. The maximum atomic E-state index is 11.4. The molecule has 8 heteroatoms. The molecule has 5 N–H and O–H groups in total. The van der Waals surface area contributed by atoms with Gasteiger partial charge in [0, 0.05) is 24.4 Å². The maximum absolute atomic E-state index is 11.4. The summed E-state index contributed by atoms with van der Waals surface area (Å²) in [7, 11) is 0. The van der Waals surface area contributed by atoms with Crippen molar-refractivity contribution >= 4 is 23.2 Å². The van der Waals surface area contributed by atoms with Crippen LogP contribution in [-0.2, 0) is 6.42 Å². The molecule has 0 saturated heterocycles. The van der Waals surface area contributed by atoms with Gasteiger partial charge >= 0.3 is 0 Å². The number of carbonyl (C=O) groups excluding carboxylic acids is 1. The average Bonchev–Trinajstić information content (AvgIpc) is 3.05. The van der Waals surface area contributed by atoms with Crippen LogP contribution in [0.15, 0.2) is 54.7 Å². The largest absolute Gasteiger partial charge is 0.384 e. The molecule has 146 valence electrons. The van der Waals surface area contributed by atoms with Crippen molar-refractivity contribution in [1.29, 1.82) is 0 Å². The van der Waals surface area contributed by atoms with Crippen LogP contribution in [0.1, 0.15) is 21.7 Å². The fourth-order valence-electron chi connectivity index (χ4n) is 3.28. The second-order valence-electron chi connectivity index (χ2n) is 6.70. The molecular formula is C21H21N7O. The van der Waals surface area contributed by atoms with Gasteiger partial charge in [0.05, 0.1) is 5.69 Å². The molecule has 0 spiro atoms. The van der Waals surface area contributed by atoms with Crippen molar-refractivity contribution in [2.45, 2.75) is 13.3 Å². The van der Waals surface area contributed by atoms with Crippen molar-refractivity contribution in [2.24, 2.45) is 5.73 Å². The summed E-state index contributed by atoms with van der Waals surface area (Å²) in [6, 6.07) is 14.9. The first-order chi connectivity index (χ1) is 14.0. The molecular weight excluding hydrogens is 366 g/mol. The number of amides is 1. The third-order valence-electron chi connectivity index (χ3n) is 4.55. The zero-order valence-corrected chi connectivity index (χ0v) is 16.0. The molecule has 0 radical (unpaired) electrons. The fraction of sp³-hybridized carbons (Fsp3) is 0.143. The lowest BCUT2D eigenvalue weighted by molar-refractivity contribution is 0.1000. The first-order valence-corrected chi connectivity index (χ1v) is 9.22. The van der Waals surface area contributed by atoms with E-state index in [9.17, 15) is 4.79 Å². The standard InChI is InChI=1S/C21H21N7O/c1-13-25-16(12-17(22)26-13)19-21(27-18-7-2-3-10-28(18)19)24-9-8-14-5-4-6-15(11-14)20(23)29/h2-7,10-12,24H,8-9H2,1H3,(H2,23,29)(H2,22,25,26). The Hall–Kier alpha value is -3.94. The molecule has 4 rings (SSSR count). The Morgan fingerprint density at radius 1 is 1.10 bits per heavy atom. The van der Waals surface area contributed by atoms with Gasteiger partial charge in [0.25, 0.3) is 0 Å². The van der Waals surface area contributed by atoms with Crippen LogP contribution in [0.4, 0.5) is 11.6 Å². The number of fused-ring (bicyclic) bond motifs is 1. The number of benzene rings is 1. The number of anilines is 2. The minimum atomic E-state index is -0.431. The van der Waals surface area contributed by atoms with Gasteiger partial charge in [-0.2, -0.15) is 0 Å². The average molecular weight is 387 g/mol. The quantitative estimate of drug-likeness (QED) is 0.467. The van der Waals surface area contributed by atoms with Gasteiger partial charge in [0.1, 0.15) is 23.0 Å². The molecule has 0 bridgehead atoms. The van der Waals surface area contributed by atoms with E-state index in [4.69, 9.17) is 16.5 Å². The Kier molecular flexibility index (Phi) is 4.82. The monoisotopic (exact) mass is 387 g/mol. The number of primary amides is 1. The first kappa shape index (κ1) is 18.4. The van der Waals surface area contributed by atoms with Crippen molar-refractivity contribution < 1.29 is 4.79 Å². The number of aromatic nitrogens is 4. The summed E-state index contributed by atoms with van der Waals surface area (Å²) in [5, 5.41) is 3.39. The van der Waals surface area contributed by atoms with E-state index >= 15 is 0 Å². The highest BCUT2D eigenvalue weighted by molar-refractivity contribution is 5.92. The number of rotatable bonds is 6. The number of pyridine rings is 1. The Morgan fingerprint density at radius 3 is 2.76 bits per heavy atom. The lowest BCUT2D eigenvalue weighted by Crippen LogP contribution is -2.12. The molecule has 0 aliphatic rings. The number of nitrogens with zero attached hydrogens (tertiary/aromatic N) is 4. The van der Waals surface area contributed by atoms with Crippen LogP contribution in [0.3, 0.4) is 0 Å². The van der Waals surface area contributed by atoms with Gasteiger partial charge in [-0.25, -0.2) is 15.0 Å². The topological polar surface area (TPSA) is 124 Å². The van der Waals surface area contributed by atoms with Gasteiger partial charge < -0.3 is 16.8 Å². The molecule has 0 unspecified atom stereocenters. The SMILES string of the molecule is Cc1nc(N)cc(-c2c(NCCc3cccc(C(N)=O)c3)nc3ccccn23)n1. The van der Waals surface area contributed by atoms with E-state index in [1.165, 1.54) is 0 Å². The summed E-state index contributed by atoms with van der Waals surface area (Å²) in [4.78, 5) is 24.8. The van der Waals surface area contributed by atoms with Gasteiger partial charge in [0.15, 0.2) is 5.82 Å². The smallest absolute Gasteiger partial charge is 0.248 e. The van der Waals surface area contributed by atoms with E-state index in [-0.39, 0.29) is 0 Å². The van der Waals surface area contributed by atoms with Crippen LogP contribution in [0, 0.1) is 6.92 Å². The van der Waals surface area contributed by atoms with Crippen molar-refractivity contribution in [3.05, 3.63) is 71.7 Å². The third-order valence-corrected chi connectivity index (χ3v) is 4.55. The highest BCUT2D eigenvalue weighted by Gasteiger charge is 2.16. The normalized spacial score (nSPS) is 10.9. The second-order valence-corrected chi connectivity index (χ2v) is 6.70. The summed E-state index contributed by atoms with van der Waals surface area (Å²) in [5.74, 6) is 1.28. The summed E-state index contributed by atoms with van der Waals surface area (Å²) in [6.45, 7) is 2.43. The summed E-state index contributed by atoms with van der Waals surface area (Å²) >= 11 is 0. The van der Waals surface area contributed by atoms with Crippen molar-refractivity contribution in [1.82, 2.24) is 19.4 Å². The molecule has 0 aliphatic heterocycles. The van der Waals surface area contributed by atoms with Gasteiger partial charge in [-0.1, -0.05) is 18.2 Å². The predicted octanol–water partition coefficient (Wildman–Crippen LogP) is 2.44. The number of nitrogens with two attached hydrogens (primary N) is 2. The molecule has 0 fully saturated rings. The summed E-state index contributed by atoms with van der Waals surface area (Å²) in [5.41, 5.74) is 15.1. The molecule has 4 aromatic rings. The Morgan fingerprint density at radius 2 is 1.97 bits per heavy atom. The molecule has 29 heavy (non-hydrogen) atoms. The zero-order chi connectivity index (χ0) is 20.4. The van der Waals surface area contributed by atoms with E-state index in [0.717, 1.165) is 16.9 Å². The van der Waals surface area contributed by atoms with Crippen LogP contribution in [0.2, 0.25) is 0 Å². The molecule has 0 aliphatic carbocycles. The number of hydrogen-bond acceptors (Lipinski definition) is 6. The van der Waals surface area contributed by atoms with Crippen molar-refractivity contribution in [3.63, 3.8) is 0 Å². The highest BCUT2D eigenvalue weighted by atomic mass is 16.1. The lowest BCUT2D eigenvalue weighted by Gasteiger charge is -2.09. The predicted molar refractivity (Wildman–Crippen MR) is 113 cm³/mol. The summed E-state index contributed by atoms with van der Waals surface area (Å²) in [6.07, 6.45) is 2.65. The van der Waals surface area contributed by atoms with Crippen LogP contribution >= 0.6 is 0 Å². The number of carbonyl (C=O) groups is 1. The molecule has 1 aromatic carbocycles. The number of nitrogens with one attached hydrogen (secondary N) is 1. The van der Waals surface area contributed by atoms with E-state index in [0.29, 0.717) is 41.7 Å². The van der Waals surface area contributed by atoms with Crippen LogP contribution < -0.4 is 16.8 Å². The van der Waals surface area contributed by atoms with Crippen molar-refractivity contribution in [2.75, 3.05) is 17.6 Å². The van der Waals surface area contributed by atoms with Gasteiger partial charge in [-0.3, -0.25) is 9.20 Å². The fourth-order valence-corrected chi connectivity index (χ4v) is 3.28.